The van der Waals surface area contributed by atoms with Crippen LogP contribution in [0.15, 0.2) is 30.3 Å². The summed E-state index contributed by atoms with van der Waals surface area (Å²) in [6, 6.07) is 6.14. The van der Waals surface area contributed by atoms with Gasteiger partial charge in [-0.1, -0.05) is 19.1 Å². The Balaban J connectivity index is 1.58. The molecule has 0 saturated carbocycles. The maximum atomic E-state index is 13.2. The van der Waals surface area contributed by atoms with E-state index in [0.717, 1.165) is 25.0 Å². The average Bonchev–Trinajstić information content (AvgIpc) is 3.40. The first-order valence-corrected chi connectivity index (χ1v) is 11.3. The number of halogens is 3. The van der Waals surface area contributed by atoms with Gasteiger partial charge in [0.05, 0.1) is 36.1 Å². The molecule has 0 aliphatic carbocycles. The van der Waals surface area contributed by atoms with Crippen LogP contribution >= 0.6 is 0 Å². The Morgan fingerprint density at radius 2 is 1.94 bits per heavy atom. The number of amides is 2. The van der Waals surface area contributed by atoms with Gasteiger partial charge in [0.25, 0.3) is 11.8 Å². The lowest BCUT2D eigenvalue weighted by Gasteiger charge is -2.24. The number of fused-ring (bicyclic) bond motifs is 1. The smallest absolute Gasteiger partial charge is 0.373 e. The zero-order chi connectivity index (χ0) is 23.8. The molecule has 2 aliphatic rings. The molecule has 4 rings (SSSR count). The van der Waals surface area contributed by atoms with Gasteiger partial charge in [-0.15, -0.1) is 0 Å². The number of aromatic nitrogens is 1. The minimum Gasteiger partial charge on any atom is -0.373 e. The van der Waals surface area contributed by atoms with E-state index in [9.17, 15) is 22.8 Å². The lowest BCUT2D eigenvalue weighted by Crippen LogP contribution is -2.35. The van der Waals surface area contributed by atoms with Gasteiger partial charge in [-0.25, -0.2) is 0 Å². The van der Waals surface area contributed by atoms with Crippen molar-refractivity contribution in [2.45, 2.75) is 64.5 Å². The van der Waals surface area contributed by atoms with Crippen molar-refractivity contribution in [2.75, 3.05) is 13.2 Å². The second-order valence-corrected chi connectivity index (χ2v) is 8.64. The molecule has 3 heterocycles. The number of benzene rings is 1. The third-order valence-corrected chi connectivity index (χ3v) is 6.54. The van der Waals surface area contributed by atoms with Crippen molar-refractivity contribution >= 4 is 11.8 Å². The van der Waals surface area contributed by atoms with Crippen molar-refractivity contribution in [3.63, 3.8) is 0 Å². The van der Waals surface area contributed by atoms with Crippen LogP contribution in [0.2, 0.25) is 0 Å². The van der Waals surface area contributed by atoms with Crippen LogP contribution in [0.4, 0.5) is 13.2 Å². The van der Waals surface area contributed by atoms with Crippen molar-refractivity contribution in [3.8, 4) is 0 Å². The predicted octanol–water partition coefficient (Wildman–Crippen LogP) is 4.54. The third-order valence-electron chi connectivity index (χ3n) is 6.54. The first-order chi connectivity index (χ1) is 15.7. The highest BCUT2D eigenvalue weighted by atomic mass is 19.4. The molecular weight excluding hydrogens is 435 g/mol. The molecule has 1 aromatic heterocycles. The molecule has 6 nitrogen and oxygen atoms in total. The molecule has 1 fully saturated rings. The van der Waals surface area contributed by atoms with Gasteiger partial charge in [0.1, 0.15) is 5.69 Å². The summed E-state index contributed by atoms with van der Waals surface area (Å²) in [6.45, 7) is 5.75. The van der Waals surface area contributed by atoms with Gasteiger partial charge >= 0.3 is 6.18 Å². The van der Waals surface area contributed by atoms with E-state index in [1.165, 1.54) is 12.1 Å². The SMILES string of the molecule is CCC(NC(=O)c1cc(C(=O)N2CCCC2C)n2c1COCC2)c1ccc(C(F)(F)F)cc1. The highest BCUT2D eigenvalue weighted by molar-refractivity contribution is 6.01. The summed E-state index contributed by atoms with van der Waals surface area (Å²) < 4.78 is 46.1. The van der Waals surface area contributed by atoms with Crippen molar-refractivity contribution in [1.29, 1.82) is 0 Å². The van der Waals surface area contributed by atoms with Crippen molar-refractivity contribution in [3.05, 3.63) is 58.4 Å². The summed E-state index contributed by atoms with van der Waals surface area (Å²) in [7, 11) is 0. The predicted molar refractivity (Wildman–Crippen MR) is 116 cm³/mol. The molecule has 178 valence electrons. The summed E-state index contributed by atoms with van der Waals surface area (Å²) >= 11 is 0. The minimum absolute atomic E-state index is 0.0861. The zero-order valence-corrected chi connectivity index (χ0v) is 18.7. The van der Waals surface area contributed by atoms with Crippen LogP contribution in [0.1, 0.15) is 76.8 Å². The topological polar surface area (TPSA) is 63.6 Å². The normalized spacial score (nSPS) is 19.3. The summed E-state index contributed by atoms with van der Waals surface area (Å²) in [6.07, 6.45) is -1.99. The van der Waals surface area contributed by atoms with E-state index in [2.05, 4.69) is 5.32 Å². The van der Waals surface area contributed by atoms with Gasteiger partial charge in [0.15, 0.2) is 0 Å². The van der Waals surface area contributed by atoms with Gasteiger partial charge in [0.2, 0.25) is 0 Å². The standard InChI is InChI=1S/C24H28F3N3O3/c1-3-19(16-6-8-17(9-7-16)24(25,26)27)28-22(31)18-13-20(30-11-12-33-14-21(18)30)23(32)29-10-4-5-15(29)2/h6-9,13,15,19H,3-5,10-12,14H2,1-2H3,(H,28,31). The molecule has 1 aromatic carbocycles. The molecule has 2 aromatic rings. The molecule has 2 amide bonds. The second-order valence-electron chi connectivity index (χ2n) is 8.64. The van der Waals surface area contributed by atoms with E-state index in [0.29, 0.717) is 48.6 Å². The van der Waals surface area contributed by atoms with E-state index >= 15 is 0 Å². The molecule has 0 spiro atoms. The molecule has 1 saturated heterocycles. The number of alkyl halides is 3. The van der Waals surface area contributed by atoms with E-state index in [1.807, 2.05) is 23.3 Å². The van der Waals surface area contributed by atoms with E-state index in [1.54, 1.807) is 6.07 Å². The molecular formula is C24H28F3N3O3. The average molecular weight is 464 g/mol. The lowest BCUT2D eigenvalue weighted by molar-refractivity contribution is -0.137. The zero-order valence-electron chi connectivity index (χ0n) is 18.7. The van der Waals surface area contributed by atoms with E-state index < -0.39 is 17.8 Å². The Morgan fingerprint density at radius 3 is 2.55 bits per heavy atom. The Morgan fingerprint density at radius 1 is 1.21 bits per heavy atom. The number of carbonyl (C=O) groups is 2. The van der Waals surface area contributed by atoms with E-state index in [4.69, 9.17) is 4.74 Å². The molecule has 2 unspecified atom stereocenters. The molecule has 33 heavy (non-hydrogen) atoms. The number of hydrogen-bond acceptors (Lipinski definition) is 3. The Hall–Kier alpha value is -2.81. The number of likely N-dealkylation sites (tertiary alicyclic amines) is 1. The number of nitrogens with one attached hydrogen (secondary N) is 1. The van der Waals surface area contributed by atoms with Gasteiger partial charge in [-0.05, 0) is 49.9 Å². The summed E-state index contributed by atoms with van der Waals surface area (Å²) in [5.41, 5.74) is 1.36. The molecule has 2 atom stereocenters. The fourth-order valence-electron chi connectivity index (χ4n) is 4.64. The van der Waals surface area contributed by atoms with Crippen LogP contribution in [-0.2, 0) is 24.1 Å². The van der Waals surface area contributed by atoms with Crippen LogP contribution in [0.3, 0.4) is 0 Å². The van der Waals surface area contributed by atoms with Crippen LogP contribution in [0, 0.1) is 0 Å². The Kier molecular flexibility index (Phi) is 6.52. The number of ether oxygens (including phenoxy) is 1. The first-order valence-electron chi connectivity index (χ1n) is 11.3. The van der Waals surface area contributed by atoms with Crippen LogP contribution in [0.25, 0.3) is 0 Å². The van der Waals surface area contributed by atoms with Crippen molar-refractivity contribution < 1.29 is 27.5 Å². The third kappa shape index (κ3) is 4.64. The van der Waals surface area contributed by atoms with Crippen LogP contribution in [-0.4, -0.2) is 40.5 Å². The quantitative estimate of drug-likeness (QED) is 0.708. The number of hydrogen-bond donors (Lipinski definition) is 1. The number of carbonyl (C=O) groups excluding carboxylic acids is 2. The van der Waals surface area contributed by atoms with Crippen LogP contribution < -0.4 is 5.32 Å². The van der Waals surface area contributed by atoms with Gasteiger partial charge in [0, 0.05) is 19.1 Å². The number of rotatable bonds is 5. The summed E-state index contributed by atoms with van der Waals surface area (Å²) in [5.74, 6) is -0.457. The van der Waals surface area contributed by atoms with Crippen LogP contribution in [0.5, 0.6) is 0 Å². The van der Waals surface area contributed by atoms with Gasteiger partial charge < -0.3 is 19.5 Å². The molecule has 0 bridgehead atoms. The maximum Gasteiger partial charge on any atom is 0.416 e. The largest absolute Gasteiger partial charge is 0.416 e. The first kappa shape index (κ1) is 23.4. The van der Waals surface area contributed by atoms with E-state index in [-0.39, 0.29) is 24.5 Å². The van der Waals surface area contributed by atoms with Gasteiger partial charge in [-0.3, -0.25) is 9.59 Å². The summed E-state index contributed by atoms with van der Waals surface area (Å²) in [4.78, 5) is 28.3. The Bertz CT molecular complexity index is 1030. The lowest BCUT2D eigenvalue weighted by atomic mass is 10.0. The fourth-order valence-corrected chi connectivity index (χ4v) is 4.64. The van der Waals surface area contributed by atoms with Crippen molar-refractivity contribution in [2.24, 2.45) is 0 Å². The monoisotopic (exact) mass is 463 g/mol. The number of nitrogens with zero attached hydrogens (tertiary/aromatic N) is 2. The highest BCUT2D eigenvalue weighted by Crippen LogP contribution is 2.31. The summed E-state index contributed by atoms with van der Waals surface area (Å²) in [5, 5.41) is 2.92. The fraction of sp³-hybridized carbons (Fsp3) is 0.500. The second kappa shape index (κ2) is 9.21. The van der Waals surface area contributed by atoms with Gasteiger partial charge in [-0.2, -0.15) is 13.2 Å². The highest BCUT2D eigenvalue weighted by Gasteiger charge is 2.33. The van der Waals surface area contributed by atoms with Crippen molar-refractivity contribution in [1.82, 2.24) is 14.8 Å². The molecule has 0 radical (unpaired) electrons. The maximum absolute atomic E-state index is 13.2. The Labute approximate surface area is 190 Å². The molecule has 2 aliphatic heterocycles. The molecule has 1 N–H and O–H groups in total. The minimum atomic E-state index is -4.41. The molecule has 9 heteroatoms.